The number of carbonyl (C=O) groups is 2. The Kier molecular flexibility index (Phi) is 5.73. The van der Waals surface area contributed by atoms with Crippen LogP contribution in [0.4, 0.5) is 4.79 Å². The van der Waals surface area contributed by atoms with Gasteiger partial charge in [0.1, 0.15) is 0 Å². The summed E-state index contributed by atoms with van der Waals surface area (Å²) in [6, 6.07) is 13.6. The van der Waals surface area contributed by atoms with E-state index >= 15 is 0 Å². The fourth-order valence-electron chi connectivity index (χ4n) is 3.05. The molecule has 0 saturated heterocycles. The fourth-order valence-corrected chi connectivity index (χ4v) is 3.36. The highest BCUT2D eigenvalue weighted by molar-refractivity contribution is 6.42. The lowest BCUT2D eigenvalue weighted by Gasteiger charge is -2.35. The van der Waals surface area contributed by atoms with Gasteiger partial charge >= 0.3 is 12.0 Å². The SMILES string of the molecule is COC(=O)C1=C(C)N(Cc2ccccc2)C(=O)N[C@H]1c1ccc(Cl)c(Cl)c1. The molecule has 0 unspecified atom stereocenters. The Bertz CT molecular complexity index is 913. The highest BCUT2D eigenvalue weighted by atomic mass is 35.5. The lowest BCUT2D eigenvalue weighted by Crippen LogP contribution is -2.47. The monoisotopic (exact) mass is 404 g/mol. The molecule has 140 valence electrons. The molecule has 7 heteroatoms. The first-order chi connectivity index (χ1) is 12.9. The predicted octanol–water partition coefficient (Wildman–Crippen LogP) is 4.71. The van der Waals surface area contributed by atoms with Crippen molar-refractivity contribution < 1.29 is 14.3 Å². The number of amides is 2. The lowest BCUT2D eigenvalue weighted by atomic mass is 9.94. The number of nitrogens with one attached hydrogen (secondary N) is 1. The highest BCUT2D eigenvalue weighted by Crippen LogP contribution is 2.34. The minimum absolute atomic E-state index is 0.305. The molecule has 1 aliphatic heterocycles. The Morgan fingerprint density at radius 3 is 2.48 bits per heavy atom. The third-order valence-corrected chi connectivity index (χ3v) is 5.20. The number of benzene rings is 2. The van der Waals surface area contributed by atoms with Crippen LogP contribution in [0.15, 0.2) is 59.8 Å². The lowest BCUT2D eigenvalue weighted by molar-refractivity contribution is -0.136. The quantitative estimate of drug-likeness (QED) is 0.750. The molecule has 0 radical (unpaired) electrons. The molecule has 2 aromatic carbocycles. The summed E-state index contributed by atoms with van der Waals surface area (Å²) in [5, 5.41) is 3.61. The van der Waals surface area contributed by atoms with Crippen LogP contribution >= 0.6 is 23.2 Å². The second-order valence-electron chi connectivity index (χ2n) is 6.12. The number of ether oxygens (including phenoxy) is 1. The maximum absolute atomic E-state index is 12.8. The number of esters is 1. The van der Waals surface area contributed by atoms with E-state index in [9.17, 15) is 9.59 Å². The first-order valence-corrected chi connectivity index (χ1v) is 9.04. The van der Waals surface area contributed by atoms with E-state index in [1.807, 2.05) is 30.3 Å². The van der Waals surface area contributed by atoms with Crippen LogP contribution in [0.3, 0.4) is 0 Å². The minimum atomic E-state index is -0.674. The molecule has 1 atom stereocenters. The van der Waals surface area contributed by atoms with Gasteiger partial charge < -0.3 is 10.1 Å². The van der Waals surface area contributed by atoms with Crippen molar-refractivity contribution in [2.24, 2.45) is 0 Å². The fraction of sp³-hybridized carbons (Fsp3) is 0.200. The van der Waals surface area contributed by atoms with Gasteiger partial charge in [-0.3, -0.25) is 4.90 Å². The van der Waals surface area contributed by atoms with Gasteiger partial charge in [-0.1, -0.05) is 59.6 Å². The maximum Gasteiger partial charge on any atom is 0.337 e. The van der Waals surface area contributed by atoms with E-state index in [0.717, 1.165) is 5.56 Å². The van der Waals surface area contributed by atoms with Crippen molar-refractivity contribution in [3.05, 3.63) is 81.0 Å². The Hall–Kier alpha value is -2.50. The van der Waals surface area contributed by atoms with Crippen LogP contribution < -0.4 is 5.32 Å². The number of rotatable bonds is 4. The van der Waals surface area contributed by atoms with Crippen molar-refractivity contribution in [3.8, 4) is 0 Å². The first-order valence-electron chi connectivity index (χ1n) is 8.28. The molecule has 3 rings (SSSR count). The third kappa shape index (κ3) is 3.94. The van der Waals surface area contributed by atoms with Gasteiger partial charge in [-0.25, -0.2) is 9.59 Å². The number of methoxy groups -OCH3 is 1. The Labute approximate surface area is 167 Å². The Morgan fingerprint density at radius 1 is 1.15 bits per heavy atom. The van der Waals surface area contributed by atoms with Crippen molar-refractivity contribution >= 4 is 35.2 Å². The summed E-state index contributed by atoms with van der Waals surface area (Å²) in [7, 11) is 1.31. The number of hydrogen-bond donors (Lipinski definition) is 1. The van der Waals surface area contributed by atoms with E-state index in [1.165, 1.54) is 12.0 Å². The van der Waals surface area contributed by atoms with Gasteiger partial charge in [0, 0.05) is 5.70 Å². The van der Waals surface area contributed by atoms with Gasteiger partial charge in [0.15, 0.2) is 0 Å². The average Bonchev–Trinajstić information content (AvgIpc) is 2.67. The second kappa shape index (κ2) is 8.03. The molecule has 0 fully saturated rings. The Morgan fingerprint density at radius 2 is 1.85 bits per heavy atom. The summed E-state index contributed by atoms with van der Waals surface area (Å²) in [5.74, 6) is -0.512. The predicted molar refractivity (Wildman–Crippen MR) is 104 cm³/mol. The second-order valence-corrected chi connectivity index (χ2v) is 6.93. The third-order valence-electron chi connectivity index (χ3n) is 4.46. The molecule has 0 spiro atoms. The van der Waals surface area contributed by atoms with E-state index in [4.69, 9.17) is 27.9 Å². The maximum atomic E-state index is 12.8. The van der Waals surface area contributed by atoms with E-state index in [2.05, 4.69) is 5.32 Å². The number of urea groups is 1. The molecular formula is C20H18Cl2N2O3. The highest BCUT2D eigenvalue weighted by Gasteiger charge is 2.36. The van der Waals surface area contributed by atoms with Crippen molar-refractivity contribution in [2.75, 3.05) is 7.11 Å². The molecule has 0 aliphatic carbocycles. The molecule has 0 aromatic heterocycles. The van der Waals surface area contributed by atoms with Crippen LogP contribution in [-0.2, 0) is 16.1 Å². The van der Waals surface area contributed by atoms with Gasteiger partial charge in [0.2, 0.25) is 0 Å². The smallest absolute Gasteiger partial charge is 0.337 e. The summed E-state index contributed by atoms with van der Waals surface area (Å²) in [6.45, 7) is 2.07. The summed E-state index contributed by atoms with van der Waals surface area (Å²) < 4.78 is 4.97. The van der Waals surface area contributed by atoms with Crippen LogP contribution in [0.1, 0.15) is 24.1 Å². The summed E-state index contributed by atoms with van der Waals surface area (Å²) >= 11 is 12.1. The molecule has 1 heterocycles. The molecule has 1 N–H and O–H groups in total. The minimum Gasteiger partial charge on any atom is -0.466 e. The molecule has 1 aliphatic rings. The zero-order valence-electron chi connectivity index (χ0n) is 14.8. The standard InChI is InChI=1S/C20H18Cl2N2O3/c1-12-17(19(25)27-2)18(14-8-9-15(21)16(22)10-14)23-20(26)24(12)11-13-6-4-3-5-7-13/h3-10,18H,11H2,1-2H3,(H,23,26)/t18-/m0/s1. The largest absolute Gasteiger partial charge is 0.466 e. The molecule has 0 bridgehead atoms. The normalized spacial score (nSPS) is 17.0. The number of nitrogens with zero attached hydrogens (tertiary/aromatic N) is 1. The van der Waals surface area contributed by atoms with Gasteiger partial charge in [-0.05, 0) is 30.2 Å². The molecule has 5 nitrogen and oxygen atoms in total. The van der Waals surface area contributed by atoms with Crippen molar-refractivity contribution in [1.82, 2.24) is 10.2 Å². The average molecular weight is 405 g/mol. The van der Waals surface area contributed by atoms with Gasteiger partial charge in [-0.2, -0.15) is 0 Å². The first kappa shape index (κ1) is 19.3. The number of allylic oxidation sites excluding steroid dienone is 1. The van der Waals surface area contributed by atoms with Gasteiger partial charge in [0.05, 0.1) is 35.3 Å². The number of carbonyl (C=O) groups excluding carboxylic acids is 2. The van der Waals surface area contributed by atoms with Crippen LogP contribution in [0, 0.1) is 0 Å². The number of hydrogen-bond acceptors (Lipinski definition) is 3. The van der Waals surface area contributed by atoms with E-state index in [-0.39, 0.29) is 6.03 Å². The zero-order valence-corrected chi connectivity index (χ0v) is 16.3. The van der Waals surface area contributed by atoms with Crippen LogP contribution in [-0.4, -0.2) is 24.0 Å². The van der Waals surface area contributed by atoms with Crippen LogP contribution in [0.25, 0.3) is 0 Å². The van der Waals surface area contributed by atoms with E-state index in [0.29, 0.717) is 33.4 Å². The van der Waals surface area contributed by atoms with Crippen molar-refractivity contribution in [2.45, 2.75) is 19.5 Å². The van der Waals surface area contributed by atoms with Gasteiger partial charge in [-0.15, -0.1) is 0 Å². The number of halogens is 2. The molecule has 2 amide bonds. The van der Waals surface area contributed by atoms with Crippen molar-refractivity contribution in [1.29, 1.82) is 0 Å². The Balaban J connectivity index is 2.04. The summed E-state index contributed by atoms with van der Waals surface area (Å²) in [4.78, 5) is 26.8. The summed E-state index contributed by atoms with van der Waals surface area (Å²) in [5.41, 5.74) is 2.48. The molecule has 27 heavy (non-hydrogen) atoms. The molecule has 2 aromatic rings. The topological polar surface area (TPSA) is 58.6 Å². The van der Waals surface area contributed by atoms with E-state index in [1.54, 1.807) is 25.1 Å². The van der Waals surface area contributed by atoms with E-state index < -0.39 is 12.0 Å². The zero-order chi connectivity index (χ0) is 19.6. The molecular weight excluding hydrogens is 387 g/mol. The van der Waals surface area contributed by atoms with Crippen molar-refractivity contribution in [3.63, 3.8) is 0 Å². The van der Waals surface area contributed by atoms with Crippen LogP contribution in [0.2, 0.25) is 10.0 Å². The van der Waals surface area contributed by atoms with Gasteiger partial charge in [0.25, 0.3) is 0 Å². The summed E-state index contributed by atoms with van der Waals surface area (Å²) in [6.07, 6.45) is 0. The van der Waals surface area contributed by atoms with Crippen LogP contribution in [0.5, 0.6) is 0 Å². The molecule has 0 saturated carbocycles.